The van der Waals surface area contributed by atoms with Gasteiger partial charge >= 0.3 is 0 Å². The van der Waals surface area contributed by atoms with E-state index in [2.05, 4.69) is 38.6 Å². The van der Waals surface area contributed by atoms with Crippen LogP contribution in [0.4, 0.5) is 11.6 Å². The number of amides is 1. The Morgan fingerprint density at radius 3 is 2.57 bits per heavy atom. The number of carbonyl (C=O) groups is 1. The van der Waals surface area contributed by atoms with Crippen LogP contribution in [0.1, 0.15) is 34.3 Å². The Bertz CT molecular complexity index is 1440. The SMILES string of the molecule is CNc1ncc2cc(-c3cc(C(=O)Nc4ccc(OC5CCN(C)CC5)c(C)c4)ccc3C)ccc2n1. The minimum Gasteiger partial charge on any atom is -0.490 e. The zero-order valence-electron chi connectivity index (χ0n) is 21.8. The Morgan fingerprint density at radius 2 is 1.81 bits per heavy atom. The Kier molecular flexibility index (Phi) is 7.06. The van der Waals surface area contributed by atoms with E-state index in [0.717, 1.165) is 70.5 Å². The van der Waals surface area contributed by atoms with E-state index in [1.807, 2.05) is 68.6 Å². The summed E-state index contributed by atoms with van der Waals surface area (Å²) in [5.74, 6) is 1.33. The topological polar surface area (TPSA) is 79.4 Å². The highest BCUT2D eigenvalue weighted by Crippen LogP contribution is 2.29. The lowest BCUT2D eigenvalue weighted by Crippen LogP contribution is -2.35. The standard InChI is InChI=1S/C30H33N5O2/c1-19-5-6-22(17-26(19)21-7-9-27-23(16-21)18-32-30(31-3)34-27)29(36)33-24-8-10-28(20(2)15-24)37-25-11-13-35(4)14-12-25/h5-10,15-18,25H,11-14H2,1-4H3,(H,33,36)(H,31,32,34). The molecule has 7 heteroatoms. The first-order valence-corrected chi connectivity index (χ1v) is 12.7. The fourth-order valence-electron chi connectivity index (χ4n) is 4.74. The maximum absolute atomic E-state index is 13.2. The molecule has 0 saturated carbocycles. The first-order chi connectivity index (χ1) is 17.9. The zero-order valence-corrected chi connectivity index (χ0v) is 21.8. The van der Waals surface area contributed by atoms with Crippen molar-refractivity contribution in [1.82, 2.24) is 14.9 Å². The average Bonchev–Trinajstić information content (AvgIpc) is 2.91. The molecule has 0 aliphatic carbocycles. The van der Waals surface area contributed by atoms with Crippen LogP contribution in [0.3, 0.4) is 0 Å². The van der Waals surface area contributed by atoms with E-state index in [0.29, 0.717) is 11.5 Å². The molecular formula is C30H33N5O2. The van der Waals surface area contributed by atoms with Gasteiger partial charge in [-0.1, -0.05) is 12.1 Å². The molecule has 1 amide bonds. The van der Waals surface area contributed by atoms with E-state index in [1.165, 1.54) is 0 Å². The Labute approximate surface area is 217 Å². The summed E-state index contributed by atoms with van der Waals surface area (Å²) < 4.78 is 6.25. The molecule has 1 saturated heterocycles. The van der Waals surface area contributed by atoms with Crippen LogP contribution < -0.4 is 15.4 Å². The number of likely N-dealkylation sites (tertiary alicyclic amines) is 1. The normalized spacial score (nSPS) is 14.5. The summed E-state index contributed by atoms with van der Waals surface area (Å²) in [5, 5.41) is 6.96. The van der Waals surface area contributed by atoms with Crippen LogP contribution in [0.25, 0.3) is 22.0 Å². The van der Waals surface area contributed by atoms with Gasteiger partial charge in [0.05, 0.1) is 5.52 Å². The van der Waals surface area contributed by atoms with E-state index < -0.39 is 0 Å². The molecule has 7 nitrogen and oxygen atoms in total. The molecule has 37 heavy (non-hydrogen) atoms. The monoisotopic (exact) mass is 495 g/mol. The van der Waals surface area contributed by atoms with Gasteiger partial charge in [0.15, 0.2) is 0 Å². The maximum Gasteiger partial charge on any atom is 0.255 e. The third-order valence-electron chi connectivity index (χ3n) is 7.01. The molecule has 0 radical (unpaired) electrons. The third-order valence-corrected chi connectivity index (χ3v) is 7.01. The van der Waals surface area contributed by atoms with Gasteiger partial charge in [-0.15, -0.1) is 0 Å². The number of aryl methyl sites for hydroxylation is 2. The number of hydrogen-bond donors (Lipinski definition) is 2. The van der Waals surface area contributed by atoms with Crippen molar-refractivity contribution < 1.29 is 9.53 Å². The first-order valence-electron chi connectivity index (χ1n) is 12.7. The number of anilines is 2. The number of nitrogens with one attached hydrogen (secondary N) is 2. The van der Waals surface area contributed by atoms with Crippen molar-refractivity contribution in [2.75, 3.05) is 37.8 Å². The molecule has 3 aromatic carbocycles. The molecule has 1 fully saturated rings. The quantitative estimate of drug-likeness (QED) is 0.358. The summed E-state index contributed by atoms with van der Waals surface area (Å²) in [5.41, 5.74) is 6.36. The molecule has 0 spiro atoms. The molecule has 190 valence electrons. The molecule has 0 bridgehead atoms. The van der Waals surface area contributed by atoms with Crippen molar-refractivity contribution in [2.45, 2.75) is 32.8 Å². The lowest BCUT2D eigenvalue weighted by atomic mass is 9.97. The largest absolute Gasteiger partial charge is 0.490 e. The number of fused-ring (bicyclic) bond motifs is 1. The van der Waals surface area contributed by atoms with Crippen LogP contribution >= 0.6 is 0 Å². The molecule has 0 atom stereocenters. The Hall–Kier alpha value is -3.97. The summed E-state index contributed by atoms with van der Waals surface area (Å²) >= 11 is 0. The van der Waals surface area contributed by atoms with Crippen molar-refractivity contribution in [1.29, 1.82) is 0 Å². The molecule has 5 rings (SSSR count). The van der Waals surface area contributed by atoms with Gasteiger partial charge in [0, 0.05) is 43.0 Å². The molecule has 2 heterocycles. The summed E-state index contributed by atoms with van der Waals surface area (Å²) in [4.78, 5) is 24.3. The Morgan fingerprint density at radius 1 is 1.00 bits per heavy atom. The van der Waals surface area contributed by atoms with Crippen LogP contribution in [0.5, 0.6) is 5.75 Å². The smallest absolute Gasteiger partial charge is 0.255 e. The molecule has 0 unspecified atom stereocenters. The summed E-state index contributed by atoms with van der Waals surface area (Å²) in [7, 11) is 3.95. The van der Waals surface area contributed by atoms with Crippen LogP contribution in [0, 0.1) is 13.8 Å². The number of piperidine rings is 1. The number of rotatable bonds is 6. The highest BCUT2D eigenvalue weighted by molar-refractivity contribution is 6.05. The average molecular weight is 496 g/mol. The van der Waals surface area contributed by atoms with Crippen LogP contribution in [-0.2, 0) is 0 Å². The van der Waals surface area contributed by atoms with E-state index >= 15 is 0 Å². The van der Waals surface area contributed by atoms with Gasteiger partial charge < -0.3 is 20.3 Å². The second-order valence-corrected chi connectivity index (χ2v) is 9.80. The van der Waals surface area contributed by atoms with E-state index in [9.17, 15) is 4.79 Å². The summed E-state index contributed by atoms with van der Waals surface area (Å²) in [6.45, 7) is 6.18. The van der Waals surface area contributed by atoms with Gasteiger partial charge in [-0.2, -0.15) is 0 Å². The number of aromatic nitrogens is 2. The van der Waals surface area contributed by atoms with Crippen molar-refractivity contribution in [3.05, 3.63) is 77.5 Å². The molecule has 4 aromatic rings. The van der Waals surface area contributed by atoms with E-state index in [4.69, 9.17) is 4.74 Å². The van der Waals surface area contributed by atoms with Crippen molar-refractivity contribution in [3.63, 3.8) is 0 Å². The Balaban J connectivity index is 1.32. The minimum atomic E-state index is -0.146. The third kappa shape index (κ3) is 5.57. The van der Waals surface area contributed by atoms with Gasteiger partial charge in [0.1, 0.15) is 11.9 Å². The molecule has 2 N–H and O–H groups in total. The fourth-order valence-corrected chi connectivity index (χ4v) is 4.74. The lowest BCUT2D eigenvalue weighted by molar-refractivity contribution is 0.102. The minimum absolute atomic E-state index is 0.146. The number of carbonyl (C=O) groups excluding carboxylic acids is 1. The van der Waals surface area contributed by atoms with Crippen LogP contribution in [0.15, 0.2) is 60.8 Å². The highest BCUT2D eigenvalue weighted by Gasteiger charge is 2.19. The number of hydrogen-bond acceptors (Lipinski definition) is 6. The number of nitrogens with zero attached hydrogens (tertiary/aromatic N) is 3. The molecular weight excluding hydrogens is 462 g/mol. The lowest BCUT2D eigenvalue weighted by Gasteiger charge is -2.29. The van der Waals surface area contributed by atoms with Gasteiger partial charge in [-0.25, -0.2) is 9.97 Å². The molecule has 1 aromatic heterocycles. The van der Waals surface area contributed by atoms with E-state index in [1.54, 1.807) is 7.05 Å². The van der Waals surface area contributed by atoms with Gasteiger partial charge in [0.25, 0.3) is 5.91 Å². The van der Waals surface area contributed by atoms with Crippen molar-refractivity contribution in [3.8, 4) is 16.9 Å². The second-order valence-electron chi connectivity index (χ2n) is 9.80. The maximum atomic E-state index is 13.2. The summed E-state index contributed by atoms with van der Waals surface area (Å²) in [6.07, 6.45) is 4.12. The first kappa shape index (κ1) is 24.7. The predicted octanol–water partition coefficient (Wildman–Crippen LogP) is 5.68. The van der Waals surface area contributed by atoms with Gasteiger partial charge in [0.2, 0.25) is 5.95 Å². The zero-order chi connectivity index (χ0) is 25.9. The van der Waals surface area contributed by atoms with Crippen LogP contribution in [-0.4, -0.2) is 54.1 Å². The summed E-state index contributed by atoms with van der Waals surface area (Å²) in [6, 6.07) is 17.7. The number of benzene rings is 3. The highest BCUT2D eigenvalue weighted by atomic mass is 16.5. The molecule has 1 aliphatic heterocycles. The van der Waals surface area contributed by atoms with Crippen LogP contribution in [0.2, 0.25) is 0 Å². The van der Waals surface area contributed by atoms with Crippen molar-refractivity contribution >= 4 is 28.4 Å². The predicted molar refractivity (Wildman–Crippen MR) is 150 cm³/mol. The molecule has 1 aliphatic rings. The number of ether oxygens (including phenoxy) is 1. The van der Waals surface area contributed by atoms with Gasteiger partial charge in [-0.3, -0.25) is 4.79 Å². The van der Waals surface area contributed by atoms with Gasteiger partial charge in [-0.05, 0) is 98.5 Å². The fraction of sp³-hybridized carbons (Fsp3) is 0.300. The van der Waals surface area contributed by atoms with Crippen molar-refractivity contribution in [2.24, 2.45) is 0 Å². The second kappa shape index (κ2) is 10.6. The van der Waals surface area contributed by atoms with E-state index in [-0.39, 0.29) is 12.0 Å².